The number of hydrogen-bond acceptors (Lipinski definition) is 2. The molecule has 1 aliphatic heterocycles. The Hall–Kier alpha value is -1.55. The number of hydrogen-bond donors (Lipinski definition) is 2. The highest BCUT2D eigenvalue weighted by atomic mass is 16.3. The summed E-state index contributed by atoms with van der Waals surface area (Å²) < 4.78 is 0. The first kappa shape index (κ1) is 14.9. The maximum absolute atomic E-state index is 12.3. The third kappa shape index (κ3) is 3.31. The lowest BCUT2D eigenvalue weighted by atomic mass is 9.91. The van der Waals surface area contributed by atoms with E-state index in [1.54, 1.807) is 4.90 Å². The van der Waals surface area contributed by atoms with Gasteiger partial charge >= 0.3 is 6.03 Å². The Morgan fingerprint density at radius 3 is 2.70 bits per heavy atom. The average Bonchev–Trinajstić information content (AvgIpc) is 2.47. The molecule has 1 heterocycles. The number of nitrogens with zero attached hydrogens (tertiary/aromatic N) is 1. The molecule has 1 aromatic carbocycles. The monoisotopic (exact) mass is 276 g/mol. The minimum Gasteiger partial charge on any atom is -0.394 e. The highest BCUT2D eigenvalue weighted by molar-refractivity contribution is 5.89. The smallest absolute Gasteiger partial charge is 0.322 e. The molecule has 110 valence electrons. The lowest BCUT2D eigenvalue weighted by Gasteiger charge is -2.38. The summed E-state index contributed by atoms with van der Waals surface area (Å²) in [7, 11) is 0. The Morgan fingerprint density at radius 1 is 1.40 bits per heavy atom. The van der Waals surface area contributed by atoms with Crippen molar-refractivity contribution < 1.29 is 9.90 Å². The molecule has 2 atom stereocenters. The Balaban J connectivity index is 2.02. The summed E-state index contributed by atoms with van der Waals surface area (Å²) in [5.74, 6) is 0.349. The number of rotatable bonds is 3. The van der Waals surface area contributed by atoms with Crippen molar-refractivity contribution in [2.24, 2.45) is 5.92 Å². The van der Waals surface area contributed by atoms with Crippen LogP contribution in [0.1, 0.15) is 32.3 Å². The third-order valence-electron chi connectivity index (χ3n) is 4.18. The fourth-order valence-electron chi connectivity index (χ4n) is 2.80. The molecule has 20 heavy (non-hydrogen) atoms. The first-order chi connectivity index (χ1) is 9.65. The standard InChI is InChI=1S/C16H24N2O2/c1-3-13-6-8-14(9-7-13)17-16(20)18-10-4-5-12(2)15(18)11-19/h6-9,12,15,19H,3-5,10-11H2,1-2H3,(H,17,20). The van der Waals surface area contributed by atoms with Crippen LogP contribution in [0.4, 0.5) is 10.5 Å². The number of aliphatic hydroxyl groups is 1. The second-order valence-corrected chi connectivity index (χ2v) is 5.54. The highest BCUT2D eigenvalue weighted by Crippen LogP contribution is 2.23. The van der Waals surface area contributed by atoms with E-state index in [0.29, 0.717) is 12.5 Å². The van der Waals surface area contributed by atoms with E-state index < -0.39 is 0 Å². The predicted octanol–water partition coefficient (Wildman–Crippen LogP) is 2.87. The number of amides is 2. The van der Waals surface area contributed by atoms with Gasteiger partial charge in [-0.25, -0.2) is 4.79 Å². The van der Waals surface area contributed by atoms with E-state index in [1.165, 1.54) is 5.56 Å². The number of carbonyl (C=O) groups is 1. The number of nitrogens with one attached hydrogen (secondary N) is 1. The van der Waals surface area contributed by atoms with Crippen molar-refractivity contribution in [3.8, 4) is 0 Å². The Bertz CT molecular complexity index is 444. The largest absolute Gasteiger partial charge is 0.394 e. The molecule has 2 unspecified atom stereocenters. The Morgan fingerprint density at radius 2 is 2.10 bits per heavy atom. The van der Waals surface area contributed by atoms with Gasteiger partial charge in [0.15, 0.2) is 0 Å². The van der Waals surface area contributed by atoms with Crippen molar-refractivity contribution in [1.82, 2.24) is 4.90 Å². The van der Waals surface area contributed by atoms with Gasteiger partial charge in [-0.05, 0) is 42.9 Å². The number of aryl methyl sites for hydroxylation is 1. The number of carbonyl (C=O) groups excluding carboxylic acids is 1. The second-order valence-electron chi connectivity index (χ2n) is 5.54. The highest BCUT2D eigenvalue weighted by Gasteiger charge is 2.31. The van der Waals surface area contributed by atoms with Gasteiger partial charge in [0.1, 0.15) is 0 Å². The van der Waals surface area contributed by atoms with Gasteiger partial charge in [-0.1, -0.05) is 26.0 Å². The molecule has 4 heteroatoms. The summed E-state index contributed by atoms with van der Waals surface area (Å²) in [5, 5.41) is 12.4. The molecule has 0 saturated carbocycles. The first-order valence-electron chi connectivity index (χ1n) is 7.43. The molecule has 1 fully saturated rings. The lowest BCUT2D eigenvalue weighted by Crippen LogP contribution is -2.51. The Kier molecular flexibility index (Phi) is 5.01. The number of piperidine rings is 1. The topological polar surface area (TPSA) is 52.6 Å². The minimum atomic E-state index is -0.111. The molecule has 0 spiro atoms. The number of urea groups is 1. The van der Waals surface area contributed by atoms with E-state index in [9.17, 15) is 9.90 Å². The van der Waals surface area contributed by atoms with E-state index in [1.807, 2.05) is 24.3 Å². The van der Waals surface area contributed by atoms with Crippen LogP contribution in [-0.4, -0.2) is 35.2 Å². The molecular formula is C16H24N2O2. The minimum absolute atomic E-state index is 0.0311. The van der Waals surface area contributed by atoms with Crippen molar-refractivity contribution in [2.75, 3.05) is 18.5 Å². The number of aliphatic hydroxyl groups excluding tert-OH is 1. The SMILES string of the molecule is CCc1ccc(NC(=O)N2CCCC(C)C2CO)cc1. The van der Waals surface area contributed by atoms with E-state index in [4.69, 9.17) is 0 Å². The van der Waals surface area contributed by atoms with Gasteiger partial charge in [-0.3, -0.25) is 0 Å². The van der Waals surface area contributed by atoms with Gasteiger partial charge in [0.05, 0.1) is 12.6 Å². The van der Waals surface area contributed by atoms with Gasteiger partial charge in [0.25, 0.3) is 0 Å². The molecule has 2 N–H and O–H groups in total. The molecule has 2 amide bonds. The van der Waals surface area contributed by atoms with E-state index in [0.717, 1.165) is 24.9 Å². The van der Waals surface area contributed by atoms with Crippen LogP contribution in [0.2, 0.25) is 0 Å². The van der Waals surface area contributed by atoms with Crippen LogP contribution in [0, 0.1) is 5.92 Å². The normalized spacial score (nSPS) is 22.6. The summed E-state index contributed by atoms with van der Waals surface area (Å²) in [6, 6.07) is 7.73. The van der Waals surface area contributed by atoms with Crippen LogP contribution < -0.4 is 5.32 Å². The molecule has 1 saturated heterocycles. The quantitative estimate of drug-likeness (QED) is 0.892. The van der Waals surface area contributed by atoms with Crippen LogP contribution in [-0.2, 0) is 6.42 Å². The zero-order valence-corrected chi connectivity index (χ0v) is 12.3. The molecular weight excluding hydrogens is 252 g/mol. The summed E-state index contributed by atoms with van der Waals surface area (Å²) in [6.45, 7) is 4.95. The molecule has 1 aromatic rings. The van der Waals surface area contributed by atoms with Crippen LogP contribution >= 0.6 is 0 Å². The van der Waals surface area contributed by atoms with Crippen LogP contribution in [0.25, 0.3) is 0 Å². The van der Waals surface area contributed by atoms with Crippen molar-refractivity contribution in [2.45, 2.75) is 39.2 Å². The fraction of sp³-hybridized carbons (Fsp3) is 0.562. The van der Waals surface area contributed by atoms with Gasteiger partial charge in [0.2, 0.25) is 0 Å². The number of likely N-dealkylation sites (tertiary alicyclic amines) is 1. The maximum Gasteiger partial charge on any atom is 0.322 e. The summed E-state index contributed by atoms with van der Waals surface area (Å²) in [4.78, 5) is 14.1. The van der Waals surface area contributed by atoms with E-state index >= 15 is 0 Å². The average molecular weight is 276 g/mol. The van der Waals surface area contributed by atoms with E-state index in [2.05, 4.69) is 19.2 Å². The molecule has 0 aliphatic carbocycles. The van der Waals surface area contributed by atoms with Gasteiger partial charge < -0.3 is 15.3 Å². The van der Waals surface area contributed by atoms with Gasteiger partial charge in [0, 0.05) is 12.2 Å². The molecule has 0 aromatic heterocycles. The molecule has 0 radical (unpaired) electrons. The number of benzene rings is 1. The lowest BCUT2D eigenvalue weighted by molar-refractivity contribution is 0.0811. The molecule has 2 rings (SSSR count). The Labute approximate surface area is 120 Å². The van der Waals surface area contributed by atoms with Crippen molar-refractivity contribution in [3.63, 3.8) is 0 Å². The first-order valence-corrected chi connectivity index (χ1v) is 7.43. The van der Waals surface area contributed by atoms with Crippen molar-refractivity contribution in [3.05, 3.63) is 29.8 Å². The fourth-order valence-corrected chi connectivity index (χ4v) is 2.80. The van der Waals surface area contributed by atoms with Crippen molar-refractivity contribution in [1.29, 1.82) is 0 Å². The zero-order chi connectivity index (χ0) is 14.5. The van der Waals surface area contributed by atoms with Crippen LogP contribution in [0.3, 0.4) is 0 Å². The van der Waals surface area contributed by atoms with E-state index in [-0.39, 0.29) is 18.7 Å². The third-order valence-corrected chi connectivity index (χ3v) is 4.18. The summed E-state index contributed by atoms with van der Waals surface area (Å²) >= 11 is 0. The maximum atomic E-state index is 12.3. The summed E-state index contributed by atoms with van der Waals surface area (Å²) in [6.07, 6.45) is 3.06. The van der Waals surface area contributed by atoms with Gasteiger partial charge in [-0.15, -0.1) is 0 Å². The molecule has 0 bridgehead atoms. The van der Waals surface area contributed by atoms with Crippen LogP contribution in [0.15, 0.2) is 24.3 Å². The number of anilines is 1. The van der Waals surface area contributed by atoms with Crippen LogP contribution in [0.5, 0.6) is 0 Å². The molecule has 4 nitrogen and oxygen atoms in total. The second kappa shape index (κ2) is 6.75. The predicted molar refractivity (Wildman–Crippen MR) is 80.8 cm³/mol. The van der Waals surface area contributed by atoms with Gasteiger partial charge in [-0.2, -0.15) is 0 Å². The zero-order valence-electron chi connectivity index (χ0n) is 12.3. The summed E-state index contributed by atoms with van der Waals surface area (Å²) in [5.41, 5.74) is 2.06. The van der Waals surface area contributed by atoms with Crippen molar-refractivity contribution >= 4 is 11.7 Å². The molecule has 1 aliphatic rings.